The Bertz CT molecular complexity index is 888. The minimum absolute atomic E-state index is 0.0655. The summed E-state index contributed by atoms with van der Waals surface area (Å²) in [7, 11) is 0. The van der Waals surface area contributed by atoms with E-state index in [0.29, 0.717) is 6.54 Å². The predicted molar refractivity (Wildman–Crippen MR) is 125 cm³/mol. The minimum Gasteiger partial charge on any atom is -0.348 e. The predicted octanol–water partition coefficient (Wildman–Crippen LogP) is 3.30. The van der Waals surface area contributed by atoms with Gasteiger partial charge >= 0.3 is 0 Å². The fourth-order valence-electron chi connectivity index (χ4n) is 4.74. The number of rotatable bonds is 5. The monoisotopic (exact) mass is 423 g/mol. The molecular weight excluding hydrogens is 386 g/mol. The van der Waals surface area contributed by atoms with Gasteiger partial charge in [0, 0.05) is 37.4 Å². The molecule has 1 amide bonds. The summed E-state index contributed by atoms with van der Waals surface area (Å²) >= 11 is 0. The second kappa shape index (κ2) is 9.13. The van der Waals surface area contributed by atoms with E-state index in [2.05, 4.69) is 71.8 Å². The second-order valence-corrected chi connectivity index (χ2v) is 9.98. The molecule has 4 rings (SSSR count). The highest BCUT2D eigenvalue weighted by atomic mass is 16.2. The van der Waals surface area contributed by atoms with Crippen molar-refractivity contribution in [1.29, 1.82) is 0 Å². The maximum Gasteiger partial charge on any atom is 0.234 e. The van der Waals surface area contributed by atoms with Gasteiger partial charge in [-0.3, -0.25) is 9.69 Å². The van der Waals surface area contributed by atoms with Crippen LogP contribution in [0.3, 0.4) is 0 Å². The molecule has 168 valence electrons. The molecule has 2 aromatic rings. The van der Waals surface area contributed by atoms with Gasteiger partial charge in [-0.15, -0.1) is 0 Å². The summed E-state index contributed by atoms with van der Waals surface area (Å²) in [6.07, 6.45) is 5.01. The van der Waals surface area contributed by atoms with E-state index in [1.165, 1.54) is 16.8 Å². The molecule has 1 aromatic heterocycles. The van der Waals surface area contributed by atoms with Crippen molar-refractivity contribution in [1.82, 2.24) is 24.9 Å². The molecular formula is C25H37N5O. The van der Waals surface area contributed by atoms with E-state index >= 15 is 0 Å². The van der Waals surface area contributed by atoms with Crippen LogP contribution in [0.4, 0.5) is 0 Å². The van der Waals surface area contributed by atoms with Crippen LogP contribution >= 0.6 is 0 Å². The number of amides is 1. The lowest BCUT2D eigenvalue weighted by molar-refractivity contribution is -0.123. The van der Waals surface area contributed by atoms with Crippen LogP contribution in [0.2, 0.25) is 0 Å². The fourth-order valence-corrected chi connectivity index (χ4v) is 4.74. The number of likely N-dealkylation sites (N-methyl/N-ethyl adjacent to an activating group) is 1. The van der Waals surface area contributed by atoms with E-state index in [-0.39, 0.29) is 17.4 Å². The summed E-state index contributed by atoms with van der Waals surface area (Å²) < 4.78 is 2.06. The van der Waals surface area contributed by atoms with Gasteiger partial charge in [-0.1, -0.05) is 39.8 Å². The highest BCUT2D eigenvalue weighted by molar-refractivity contribution is 5.78. The number of carbonyl (C=O) groups is 1. The summed E-state index contributed by atoms with van der Waals surface area (Å²) in [6, 6.07) is 8.78. The van der Waals surface area contributed by atoms with E-state index < -0.39 is 0 Å². The third kappa shape index (κ3) is 5.01. The summed E-state index contributed by atoms with van der Waals surface area (Å²) in [6.45, 7) is 14.5. The van der Waals surface area contributed by atoms with Gasteiger partial charge in [0.05, 0.1) is 24.5 Å². The first kappa shape index (κ1) is 22.0. The quantitative estimate of drug-likeness (QED) is 0.802. The van der Waals surface area contributed by atoms with E-state index in [9.17, 15) is 4.79 Å². The van der Waals surface area contributed by atoms with Gasteiger partial charge < -0.3 is 10.2 Å². The molecule has 1 saturated heterocycles. The van der Waals surface area contributed by atoms with Crippen molar-refractivity contribution in [2.75, 3.05) is 39.3 Å². The lowest BCUT2D eigenvalue weighted by Crippen LogP contribution is -2.49. The van der Waals surface area contributed by atoms with Gasteiger partial charge in [-0.25, -0.2) is 4.68 Å². The molecule has 1 fully saturated rings. The maximum absolute atomic E-state index is 12.8. The average Bonchev–Trinajstić information content (AvgIpc) is 3.19. The number of hydrogen-bond acceptors (Lipinski definition) is 4. The zero-order valence-electron chi connectivity index (χ0n) is 19.5. The number of hydrogen-bond donors (Lipinski definition) is 1. The van der Waals surface area contributed by atoms with Crippen LogP contribution in [0.25, 0.3) is 5.69 Å². The number of benzene rings is 1. The lowest BCUT2D eigenvalue weighted by atomic mass is 9.87. The van der Waals surface area contributed by atoms with Crippen molar-refractivity contribution >= 4 is 5.91 Å². The van der Waals surface area contributed by atoms with Crippen molar-refractivity contribution in [2.24, 2.45) is 0 Å². The molecule has 0 saturated carbocycles. The topological polar surface area (TPSA) is 53.4 Å². The Kier molecular flexibility index (Phi) is 6.49. The van der Waals surface area contributed by atoms with E-state index in [1.54, 1.807) is 0 Å². The molecule has 1 aliphatic heterocycles. The summed E-state index contributed by atoms with van der Waals surface area (Å²) in [5.41, 5.74) is 4.96. The number of fused-ring (bicyclic) bond motifs is 1. The third-order valence-electron chi connectivity index (χ3n) is 6.78. The molecule has 6 nitrogen and oxygen atoms in total. The van der Waals surface area contributed by atoms with Gasteiger partial charge in [0.2, 0.25) is 5.91 Å². The summed E-state index contributed by atoms with van der Waals surface area (Å²) in [4.78, 5) is 17.5. The Balaban J connectivity index is 1.42. The van der Waals surface area contributed by atoms with Crippen LogP contribution in [-0.2, 0) is 16.6 Å². The minimum atomic E-state index is 0.0655. The number of nitrogens with one attached hydrogen (secondary N) is 1. The molecule has 0 radical (unpaired) electrons. The van der Waals surface area contributed by atoms with Crippen LogP contribution in [0.15, 0.2) is 30.5 Å². The van der Waals surface area contributed by atoms with Crippen LogP contribution in [0.1, 0.15) is 63.4 Å². The Morgan fingerprint density at radius 1 is 1.10 bits per heavy atom. The molecule has 1 aromatic carbocycles. The van der Waals surface area contributed by atoms with Crippen molar-refractivity contribution in [3.8, 4) is 5.69 Å². The standard InChI is InChI=1S/C25H37N5O/c1-5-28-13-15-29(16-14-28)18-24(31)27-22-7-6-8-23-21(22)17-26-30(23)20-11-9-19(10-12-20)25(2,3)4/h9-12,17,22H,5-8,13-16,18H2,1-4H3,(H,27,31)/t22-/m0/s1. The first-order valence-corrected chi connectivity index (χ1v) is 11.8. The molecule has 31 heavy (non-hydrogen) atoms. The van der Waals surface area contributed by atoms with E-state index in [1.807, 2.05) is 6.20 Å². The Hall–Kier alpha value is -2.18. The number of aromatic nitrogens is 2. The molecule has 1 atom stereocenters. The van der Waals surface area contributed by atoms with E-state index in [0.717, 1.165) is 57.7 Å². The van der Waals surface area contributed by atoms with Crippen molar-refractivity contribution in [2.45, 2.75) is 58.4 Å². The van der Waals surface area contributed by atoms with Crippen molar-refractivity contribution in [3.05, 3.63) is 47.3 Å². The van der Waals surface area contributed by atoms with Crippen LogP contribution < -0.4 is 5.32 Å². The number of carbonyl (C=O) groups excluding carboxylic acids is 1. The zero-order valence-corrected chi connectivity index (χ0v) is 19.5. The molecule has 2 aliphatic rings. The third-order valence-corrected chi connectivity index (χ3v) is 6.78. The molecule has 0 bridgehead atoms. The SMILES string of the molecule is CCN1CCN(CC(=O)N[C@H]2CCCc3c2cnn3-c2ccc(C(C)(C)C)cc2)CC1. The zero-order chi connectivity index (χ0) is 22.0. The fraction of sp³-hybridized carbons (Fsp3) is 0.600. The highest BCUT2D eigenvalue weighted by Gasteiger charge is 2.27. The maximum atomic E-state index is 12.8. The Labute approximate surface area is 186 Å². The number of nitrogens with zero attached hydrogens (tertiary/aromatic N) is 4. The normalized spacial score (nSPS) is 20.5. The van der Waals surface area contributed by atoms with Crippen molar-refractivity contribution < 1.29 is 4.79 Å². The lowest BCUT2D eigenvalue weighted by Gasteiger charge is -2.34. The first-order valence-electron chi connectivity index (χ1n) is 11.8. The summed E-state index contributed by atoms with van der Waals surface area (Å²) in [5.74, 6) is 0.130. The highest BCUT2D eigenvalue weighted by Crippen LogP contribution is 2.31. The summed E-state index contributed by atoms with van der Waals surface area (Å²) in [5, 5.41) is 7.99. The molecule has 1 N–H and O–H groups in total. The Morgan fingerprint density at radius 3 is 2.42 bits per heavy atom. The first-order chi connectivity index (χ1) is 14.8. The second-order valence-electron chi connectivity index (χ2n) is 9.98. The van der Waals surface area contributed by atoms with Gasteiger partial charge in [0.15, 0.2) is 0 Å². The largest absolute Gasteiger partial charge is 0.348 e. The molecule has 6 heteroatoms. The van der Waals surface area contributed by atoms with Crippen molar-refractivity contribution in [3.63, 3.8) is 0 Å². The molecule has 1 aliphatic carbocycles. The van der Waals surface area contributed by atoms with E-state index in [4.69, 9.17) is 5.10 Å². The molecule has 0 spiro atoms. The number of piperazine rings is 1. The van der Waals surface area contributed by atoms with Crippen LogP contribution in [0.5, 0.6) is 0 Å². The average molecular weight is 424 g/mol. The van der Waals surface area contributed by atoms with Crippen LogP contribution in [-0.4, -0.2) is 64.8 Å². The molecule has 0 unspecified atom stereocenters. The van der Waals surface area contributed by atoms with Gasteiger partial charge in [-0.2, -0.15) is 5.10 Å². The van der Waals surface area contributed by atoms with Gasteiger partial charge in [-0.05, 0) is 48.9 Å². The smallest absolute Gasteiger partial charge is 0.234 e. The van der Waals surface area contributed by atoms with Crippen LogP contribution in [0, 0.1) is 0 Å². The Morgan fingerprint density at radius 2 is 1.77 bits per heavy atom. The van der Waals surface area contributed by atoms with Gasteiger partial charge in [0.25, 0.3) is 0 Å². The molecule has 2 heterocycles. The van der Waals surface area contributed by atoms with Gasteiger partial charge in [0.1, 0.15) is 0 Å².